The third-order valence-corrected chi connectivity index (χ3v) is 3.31. The number of phenols is 1. The van der Waals surface area contributed by atoms with E-state index in [1.165, 1.54) is 0 Å². The van der Waals surface area contributed by atoms with E-state index in [2.05, 4.69) is 0 Å². The number of aromatic hydroxyl groups is 1. The molecule has 0 atom stereocenters. The predicted octanol–water partition coefficient (Wildman–Crippen LogP) is 4.60. The highest BCUT2D eigenvalue weighted by molar-refractivity contribution is 6.44. The number of furan rings is 1. The molecule has 2 aromatic carbocycles. The molecule has 80 valence electrons. The molecule has 1 heterocycles. The van der Waals surface area contributed by atoms with Gasteiger partial charge in [-0.05, 0) is 6.07 Å². The second kappa shape index (κ2) is 3.30. The average Bonchev–Trinajstić information content (AvgIpc) is 2.64. The van der Waals surface area contributed by atoms with Crippen LogP contribution in [0.3, 0.4) is 0 Å². The standard InChI is InChI=1S/C12H6Cl2O2/c13-7-5-9-10(12(15)11(7)14)6-3-1-2-4-8(6)16-9/h1-5,15H. The van der Waals surface area contributed by atoms with Gasteiger partial charge in [0.2, 0.25) is 0 Å². The van der Waals surface area contributed by atoms with Crippen molar-refractivity contribution in [3.8, 4) is 5.75 Å². The van der Waals surface area contributed by atoms with Crippen molar-refractivity contribution in [2.45, 2.75) is 0 Å². The van der Waals surface area contributed by atoms with Crippen molar-refractivity contribution >= 4 is 45.1 Å². The van der Waals surface area contributed by atoms with Crippen LogP contribution in [0.15, 0.2) is 34.7 Å². The third-order valence-electron chi connectivity index (χ3n) is 2.53. The van der Waals surface area contributed by atoms with Crippen molar-refractivity contribution in [2.24, 2.45) is 0 Å². The Labute approximate surface area is 101 Å². The molecular weight excluding hydrogens is 247 g/mol. The summed E-state index contributed by atoms with van der Waals surface area (Å²) in [7, 11) is 0. The Morgan fingerprint density at radius 1 is 1.06 bits per heavy atom. The van der Waals surface area contributed by atoms with E-state index in [4.69, 9.17) is 27.6 Å². The van der Waals surface area contributed by atoms with Gasteiger partial charge in [-0.2, -0.15) is 0 Å². The first-order valence-corrected chi connectivity index (χ1v) is 5.42. The van der Waals surface area contributed by atoms with Gasteiger partial charge < -0.3 is 9.52 Å². The van der Waals surface area contributed by atoms with E-state index in [1.807, 2.05) is 24.3 Å². The van der Waals surface area contributed by atoms with Gasteiger partial charge in [0.25, 0.3) is 0 Å². The highest BCUT2D eigenvalue weighted by Gasteiger charge is 2.15. The summed E-state index contributed by atoms with van der Waals surface area (Å²) in [5.74, 6) is -0.0332. The van der Waals surface area contributed by atoms with Crippen LogP contribution in [0.4, 0.5) is 0 Å². The first kappa shape index (κ1) is 9.82. The number of hydrogen-bond acceptors (Lipinski definition) is 2. The zero-order valence-electron chi connectivity index (χ0n) is 8.00. The third kappa shape index (κ3) is 1.20. The minimum Gasteiger partial charge on any atom is -0.506 e. The van der Waals surface area contributed by atoms with Crippen molar-refractivity contribution in [3.63, 3.8) is 0 Å². The molecule has 16 heavy (non-hydrogen) atoms. The lowest BCUT2D eigenvalue weighted by Crippen LogP contribution is -1.73. The molecule has 0 saturated heterocycles. The number of para-hydroxylation sites is 1. The topological polar surface area (TPSA) is 33.4 Å². The van der Waals surface area contributed by atoms with Gasteiger partial charge in [0.1, 0.15) is 21.9 Å². The molecule has 1 aromatic heterocycles. The largest absolute Gasteiger partial charge is 0.506 e. The Hall–Kier alpha value is -1.38. The highest BCUT2D eigenvalue weighted by Crippen LogP contribution is 2.42. The minimum absolute atomic E-state index is 0.0332. The van der Waals surface area contributed by atoms with Gasteiger partial charge in [-0.15, -0.1) is 0 Å². The van der Waals surface area contributed by atoms with Crippen LogP contribution in [0.5, 0.6) is 5.75 Å². The van der Waals surface area contributed by atoms with E-state index in [1.54, 1.807) is 6.07 Å². The zero-order valence-corrected chi connectivity index (χ0v) is 9.51. The molecule has 4 heteroatoms. The Bertz CT molecular complexity index is 701. The Balaban J connectivity index is 2.62. The fourth-order valence-corrected chi connectivity index (χ4v) is 2.15. The molecule has 1 N–H and O–H groups in total. The van der Waals surface area contributed by atoms with Gasteiger partial charge in [0.15, 0.2) is 0 Å². The second-order valence-electron chi connectivity index (χ2n) is 3.49. The molecule has 0 aliphatic carbocycles. The SMILES string of the molecule is Oc1c(Cl)c(Cl)cc2oc3ccccc3c12. The Kier molecular flexibility index (Phi) is 2.03. The van der Waals surface area contributed by atoms with Gasteiger partial charge >= 0.3 is 0 Å². The van der Waals surface area contributed by atoms with Gasteiger partial charge in [-0.1, -0.05) is 41.4 Å². The van der Waals surface area contributed by atoms with E-state index in [0.29, 0.717) is 16.6 Å². The quantitative estimate of drug-likeness (QED) is 0.635. The summed E-state index contributed by atoms with van der Waals surface area (Å²) in [5, 5.41) is 11.8. The second-order valence-corrected chi connectivity index (χ2v) is 4.28. The van der Waals surface area contributed by atoms with Gasteiger partial charge in [-0.3, -0.25) is 0 Å². The lowest BCUT2D eigenvalue weighted by molar-refractivity contribution is 0.482. The number of benzene rings is 2. The molecule has 0 saturated carbocycles. The van der Waals surface area contributed by atoms with E-state index in [-0.39, 0.29) is 15.8 Å². The van der Waals surface area contributed by atoms with Gasteiger partial charge in [-0.25, -0.2) is 0 Å². The van der Waals surface area contributed by atoms with Crippen LogP contribution < -0.4 is 0 Å². The van der Waals surface area contributed by atoms with Crippen molar-refractivity contribution in [1.82, 2.24) is 0 Å². The lowest BCUT2D eigenvalue weighted by atomic mass is 10.1. The van der Waals surface area contributed by atoms with E-state index in [0.717, 1.165) is 5.39 Å². The van der Waals surface area contributed by atoms with Crippen LogP contribution in [-0.4, -0.2) is 5.11 Å². The molecule has 0 spiro atoms. The summed E-state index contributed by atoms with van der Waals surface area (Å²) < 4.78 is 5.57. The molecular formula is C12H6Cl2O2. The molecule has 0 fully saturated rings. The number of phenolic OH excluding ortho intramolecular Hbond substituents is 1. The first-order valence-electron chi connectivity index (χ1n) is 4.66. The summed E-state index contributed by atoms with van der Waals surface area (Å²) in [5.41, 5.74) is 1.24. The molecule has 2 nitrogen and oxygen atoms in total. The maximum atomic E-state index is 9.95. The van der Waals surface area contributed by atoms with Crippen LogP contribution >= 0.6 is 23.2 Å². The lowest BCUT2D eigenvalue weighted by Gasteiger charge is -2.00. The van der Waals surface area contributed by atoms with Crippen molar-refractivity contribution < 1.29 is 9.52 Å². The summed E-state index contributed by atoms with van der Waals surface area (Å²) in [6.07, 6.45) is 0. The number of fused-ring (bicyclic) bond motifs is 3. The predicted molar refractivity (Wildman–Crippen MR) is 65.4 cm³/mol. The van der Waals surface area contributed by atoms with Crippen LogP contribution in [0.25, 0.3) is 21.9 Å². The fraction of sp³-hybridized carbons (Fsp3) is 0. The number of hydrogen-bond donors (Lipinski definition) is 1. The first-order chi connectivity index (χ1) is 7.68. The molecule has 0 aliphatic heterocycles. The van der Waals surface area contributed by atoms with Crippen LogP contribution in [-0.2, 0) is 0 Å². The minimum atomic E-state index is -0.0332. The number of rotatable bonds is 0. The molecule has 0 amide bonds. The van der Waals surface area contributed by atoms with Gasteiger partial charge in [0.05, 0.1) is 10.4 Å². The van der Waals surface area contributed by atoms with Crippen molar-refractivity contribution in [2.75, 3.05) is 0 Å². The van der Waals surface area contributed by atoms with E-state index < -0.39 is 0 Å². The zero-order chi connectivity index (χ0) is 11.3. The highest BCUT2D eigenvalue weighted by atomic mass is 35.5. The van der Waals surface area contributed by atoms with Crippen molar-refractivity contribution in [3.05, 3.63) is 40.4 Å². The monoisotopic (exact) mass is 252 g/mol. The van der Waals surface area contributed by atoms with Crippen LogP contribution in [0, 0.1) is 0 Å². The van der Waals surface area contributed by atoms with Crippen LogP contribution in [0.1, 0.15) is 0 Å². The maximum Gasteiger partial charge on any atom is 0.147 e. The Morgan fingerprint density at radius 3 is 2.62 bits per heavy atom. The Morgan fingerprint density at radius 2 is 1.81 bits per heavy atom. The van der Waals surface area contributed by atoms with Gasteiger partial charge in [0, 0.05) is 11.5 Å². The fourth-order valence-electron chi connectivity index (χ4n) is 1.81. The number of halogens is 2. The van der Waals surface area contributed by atoms with Crippen molar-refractivity contribution in [1.29, 1.82) is 0 Å². The normalized spacial score (nSPS) is 11.4. The van der Waals surface area contributed by atoms with E-state index >= 15 is 0 Å². The summed E-state index contributed by atoms with van der Waals surface area (Å²) >= 11 is 11.8. The smallest absolute Gasteiger partial charge is 0.147 e. The molecule has 3 aromatic rings. The molecule has 3 rings (SSSR count). The van der Waals surface area contributed by atoms with Crippen LogP contribution in [0.2, 0.25) is 10.0 Å². The summed E-state index contributed by atoms with van der Waals surface area (Å²) in [4.78, 5) is 0. The molecule has 0 radical (unpaired) electrons. The van der Waals surface area contributed by atoms with E-state index in [9.17, 15) is 5.11 Å². The molecule has 0 bridgehead atoms. The summed E-state index contributed by atoms with van der Waals surface area (Å²) in [6.45, 7) is 0. The summed E-state index contributed by atoms with van der Waals surface area (Å²) in [6, 6.07) is 9.05. The molecule has 0 unspecified atom stereocenters. The average molecular weight is 253 g/mol. The maximum absolute atomic E-state index is 9.95. The molecule has 0 aliphatic rings.